The lowest BCUT2D eigenvalue weighted by Gasteiger charge is -2.41. The minimum Gasteiger partial charge on any atom is -0.493 e. The van der Waals surface area contributed by atoms with E-state index in [0.717, 1.165) is 5.56 Å². The molecule has 2 aromatic heterocycles. The van der Waals surface area contributed by atoms with E-state index in [-0.39, 0.29) is 43.0 Å². The monoisotopic (exact) mass is 643 g/mol. The van der Waals surface area contributed by atoms with Gasteiger partial charge in [-0.1, -0.05) is 46.9 Å². The first-order chi connectivity index (χ1) is 20.7. The third-order valence-electron chi connectivity index (χ3n) is 6.99. The molecule has 0 saturated carbocycles. The lowest BCUT2D eigenvalue weighted by molar-refractivity contribution is -0.140. The number of aromatic nitrogens is 4. The fraction of sp³-hybridized carbons (Fsp3) is 0.276. The summed E-state index contributed by atoms with van der Waals surface area (Å²) < 4.78 is 12.3. The summed E-state index contributed by atoms with van der Waals surface area (Å²) in [5.41, 5.74) is 1.50. The second kappa shape index (κ2) is 13.5. The maximum Gasteiger partial charge on any atom is 0.244 e. The number of carbonyl (C=O) groups excluding carboxylic acids is 2. The maximum atomic E-state index is 13.7. The van der Waals surface area contributed by atoms with Crippen LogP contribution < -0.4 is 19.7 Å². The minimum absolute atomic E-state index is 0.0560. The number of imidazole rings is 1. The average molecular weight is 645 g/mol. The first-order valence-corrected chi connectivity index (χ1v) is 14.4. The molecule has 3 heterocycles. The molecule has 5 rings (SSSR count). The van der Waals surface area contributed by atoms with E-state index in [2.05, 4.69) is 20.3 Å². The number of ether oxygens (including phenoxy) is 2. The normalized spacial score (nSPS) is 14.9. The molecular weight excluding hydrogens is 617 g/mol. The standard InChI is InChI=1S/C29H28Cl3N7O4/c1-42-23-6-4-19(12-24(23)43-2)15-34-28(41)22-16-37(26-14-25(32)35-29(36-26)38-8-7-33-17-38)9-10-39(22)27(40)13-18-3-5-20(30)21(31)11-18/h3-8,11-12,14,17,22H,9-10,13,15-16H2,1-2H3,(H,34,41). The molecule has 14 heteroatoms. The number of hydrogen-bond acceptors (Lipinski definition) is 8. The number of hydrogen-bond donors (Lipinski definition) is 1. The third kappa shape index (κ3) is 7.12. The van der Waals surface area contributed by atoms with Crippen LogP contribution in [0.25, 0.3) is 5.95 Å². The van der Waals surface area contributed by atoms with E-state index in [0.29, 0.717) is 45.4 Å². The van der Waals surface area contributed by atoms with Gasteiger partial charge in [0.05, 0.1) is 30.7 Å². The molecule has 0 radical (unpaired) electrons. The molecule has 11 nitrogen and oxygen atoms in total. The number of piperazine rings is 1. The van der Waals surface area contributed by atoms with E-state index in [1.807, 2.05) is 11.0 Å². The SMILES string of the molecule is COc1ccc(CNC(=O)C2CN(c3cc(Cl)nc(-n4ccnc4)n3)CCN2C(=O)Cc2ccc(Cl)c(Cl)c2)cc1OC. The van der Waals surface area contributed by atoms with Crippen LogP contribution >= 0.6 is 34.8 Å². The third-order valence-corrected chi connectivity index (χ3v) is 7.92. The minimum atomic E-state index is -0.824. The first kappa shape index (κ1) is 30.4. The molecule has 43 heavy (non-hydrogen) atoms. The number of amides is 2. The fourth-order valence-electron chi connectivity index (χ4n) is 4.79. The van der Waals surface area contributed by atoms with E-state index < -0.39 is 6.04 Å². The number of benzene rings is 2. The molecule has 0 spiro atoms. The maximum absolute atomic E-state index is 13.7. The summed E-state index contributed by atoms with van der Waals surface area (Å²) in [6.07, 6.45) is 4.94. The van der Waals surface area contributed by atoms with Crippen molar-refractivity contribution >= 4 is 52.4 Å². The Morgan fingerprint density at radius 1 is 0.953 bits per heavy atom. The largest absolute Gasteiger partial charge is 0.493 e. The summed E-state index contributed by atoms with van der Waals surface area (Å²) in [4.78, 5) is 43.8. The zero-order valence-electron chi connectivity index (χ0n) is 23.3. The number of nitrogens with zero attached hydrogens (tertiary/aromatic N) is 6. The topological polar surface area (TPSA) is 115 Å². The number of nitrogens with one attached hydrogen (secondary N) is 1. The van der Waals surface area contributed by atoms with Crippen LogP contribution in [0.4, 0.5) is 5.82 Å². The van der Waals surface area contributed by atoms with Crippen molar-refractivity contribution in [1.29, 1.82) is 0 Å². The van der Waals surface area contributed by atoms with Gasteiger partial charge in [-0.25, -0.2) is 9.97 Å². The Morgan fingerprint density at radius 3 is 2.47 bits per heavy atom. The van der Waals surface area contributed by atoms with Crippen molar-refractivity contribution in [2.75, 3.05) is 38.8 Å². The van der Waals surface area contributed by atoms with Crippen LogP contribution in [0.1, 0.15) is 11.1 Å². The van der Waals surface area contributed by atoms with Crippen molar-refractivity contribution < 1.29 is 19.1 Å². The van der Waals surface area contributed by atoms with Crippen LogP contribution in [-0.2, 0) is 22.6 Å². The van der Waals surface area contributed by atoms with Crippen molar-refractivity contribution in [3.8, 4) is 17.4 Å². The van der Waals surface area contributed by atoms with Crippen LogP contribution in [0.3, 0.4) is 0 Å². The first-order valence-electron chi connectivity index (χ1n) is 13.3. The summed E-state index contributed by atoms with van der Waals surface area (Å²) in [7, 11) is 3.10. The second-order valence-corrected chi connectivity index (χ2v) is 10.9. The molecule has 1 unspecified atom stereocenters. The van der Waals surface area contributed by atoms with Crippen LogP contribution in [0.15, 0.2) is 61.2 Å². The van der Waals surface area contributed by atoms with E-state index in [4.69, 9.17) is 44.3 Å². The highest BCUT2D eigenvalue weighted by molar-refractivity contribution is 6.42. The fourth-order valence-corrected chi connectivity index (χ4v) is 5.28. The zero-order valence-corrected chi connectivity index (χ0v) is 25.6. The molecule has 0 bridgehead atoms. The summed E-state index contributed by atoms with van der Waals surface area (Å²) in [5.74, 6) is 1.45. The van der Waals surface area contributed by atoms with Gasteiger partial charge in [0, 0.05) is 44.6 Å². The Balaban J connectivity index is 1.38. The quantitative estimate of drug-likeness (QED) is 0.270. The van der Waals surface area contributed by atoms with Crippen molar-refractivity contribution in [2.45, 2.75) is 19.0 Å². The molecule has 2 aromatic carbocycles. The van der Waals surface area contributed by atoms with Crippen LogP contribution in [-0.4, -0.2) is 76.1 Å². The van der Waals surface area contributed by atoms with Gasteiger partial charge in [-0.3, -0.25) is 14.2 Å². The van der Waals surface area contributed by atoms with Gasteiger partial charge in [0.1, 0.15) is 23.3 Å². The molecule has 1 N–H and O–H groups in total. The highest BCUT2D eigenvalue weighted by atomic mass is 35.5. The second-order valence-electron chi connectivity index (χ2n) is 9.70. The zero-order chi connectivity index (χ0) is 30.5. The van der Waals surface area contributed by atoms with Crippen molar-refractivity contribution in [3.63, 3.8) is 0 Å². The molecule has 1 aliphatic rings. The van der Waals surface area contributed by atoms with Gasteiger partial charge >= 0.3 is 0 Å². The molecular formula is C29H28Cl3N7O4. The molecule has 4 aromatic rings. The predicted molar refractivity (Wildman–Crippen MR) is 163 cm³/mol. The van der Waals surface area contributed by atoms with Crippen molar-refractivity contribution in [1.82, 2.24) is 29.7 Å². The Kier molecular flexibility index (Phi) is 9.54. The summed E-state index contributed by atoms with van der Waals surface area (Å²) in [5, 5.41) is 3.97. The predicted octanol–water partition coefficient (Wildman–Crippen LogP) is 4.22. The van der Waals surface area contributed by atoms with Crippen LogP contribution in [0, 0.1) is 0 Å². The van der Waals surface area contributed by atoms with Gasteiger partial charge in [0.25, 0.3) is 0 Å². The lowest BCUT2D eigenvalue weighted by atomic mass is 10.1. The number of carbonyl (C=O) groups is 2. The van der Waals surface area contributed by atoms with Crippen molar-refractivity contribution in [3.05, 3.63) is 87.5 Å². The van der Waals surface area contributed by atoms with E-state index in [9.17, 15) is 9.59 Å². The Hall–Kier alpha value is -4.06. The molecule has 1 aliphatic heterocycles. The average Bonchev–Trinajstić information content (AvgIpc) is 3.56. The van der Waals surface area contributed by atoms with Gasteiger partial charge in [0.2, 0.25) is 17.8 Å². The Bertz CT molecular complexity index is 1620. The summed E-state index contributed by atoms with van der Waals surface area (Å²) in [6, 6.07) is 11.3. The van der Waals surface area contributed by atoms with Gasteiger partial charge < -0.3 is 24.6 Å². The number of methoxy groups -OCH3 is 2. The Labute approximate surface area is 263 Å². The van der Waals surface area contributed by atoms with Crippen molar-refractivity contribution in [2.24, 2.45) is 0 Å². The number of halogens is 3. The van der Waals surface area contributed by atoms with E-state index in [1.165, 1.54) is 0 Å². The lowest BCUT2D eigenvalue weighted by Crippen LogP contribution is -2.61. The molecule has 224 valence electrons. The molecule has 1 atom stereocenters. The van der Waals surface area contributed by atoms with Gasteiger partial charge in [-0.05, 0) is 35.4 Å². The Morgan fingerprint density at radius 2 is 1.74 bits per heavy atom. The van der Waals surface area contributed by atoms with Crippen LogP contribution in [0.2, 0.25) is 15.2 Å². The summed E-state index contributed by atoms with van der Waals surface area (Å²) >= 11 is 18.6. The highest BCUT2D eigenvalue weighted by Crippen LogP contribution is 2.28. The van der Waals surface area contributed by atoms with Gasteiger partial charge in [-0.2, -0.15) is 4.98 Å². The highest BCUT2D eigenvalue weighted by Gasteiger charge is 2.36. The van der Waals surface area contributed by atoms with Crippen LogP contribution in [0.5, 0.6) is 11.5 Å². The smallest absolute Gasteiger partial charge is 0.244 e. The molecule has 0 aliphatic carbocycles. The number of anilines is 1. The van der Waals surface area contributed by atoms with Gasteiger partial charge in [0.15, 0.2) is 11.5 Å². The van der Waals surface area contributed by atoms with E-state index in [1.54, 1.807) is 78.8 Å². The van der Waals surface area contributed by atoms with Gasteiger partial charge in [-0.15, -0.1) is 0 Å². The summed E-state index contributed by atoms with van der Waals surface area (Å²) in [6.45, 7) is 1.09. The number of rotatable bonds is 9. The van der Waals surface area contributed by atoms with E-state index >= 15 is 0 Å². The molecule has 1 fully saturated rings. The molecule has 2 amide bonds. The molecule has 1 saturated heterocycles.